The van der Waals surface area contributed by atoms with Crippen molar-refractivity contribution in [3.63, 3.8) is 0 Å². The summed E-state index contributed by atoms with van der Waals surface area (Å²) in [4.78, 5) is 11.3. The van der Waals surface area contributed by atoms with Crippen molar-refractivity contribution in [3.05, 3.63) is 35.9 Å². The highest BCUT2D eigenvalue weighted by molar-refractivity contribution is 5.78. The van der Waals surface area contributed by atoms with E-state index in [0.29, 0.717) is 0 Å². The van der Waals surface area contributed by atoms with Gasteiger partial charge in [0.05, 0.1) is 13.0 Å². The third-order valence-corrected chi connectivity index (χ3v) is 4.54. The van der Waals surface area contributed by atoms with Gasteiger partial charge in [0.1, 0.15) is 5.75 Å². The van der Waals surface area contributed by atoms with Crippen LogP contribution >= 0.6 is 0 Å². The van der Waals surface area contributed by atoms with E-state index >= 15 is 0 Å². The first-order valence-corrected chi connectivity index (χ1v) is 7.49. The van der Waals surface area contributed by atoms with Crippen LogP contribution in [0.4, 0.5) is 0 Å². The number of carboxylic acids is 1. The number of ether oxygens (including phenoxy) is 1. The zero-order valence-corrected chi connectivity index (χ0v) is 13.2. The minimum atomic E-state index is -0.688. The zero-order chi connectivity index (χ0) is 15.6. The van der Waals surface area contributed by atoms with Gasteiger partial charge in [0.15, 0.2) is 0 Å². The van der Waals surface area contributed by atoms with Crippen LogP contribution in [0.3, 0.4) is 0 Å². The number of methoxy groups -OCH3 is 1. The number of carbonyl (C=O) groups is 1. The van der Waals surface area contributed by atoms with Gasteiger partial charge in [-0.25, -0.2) is 0 Å². The second kappa shape index (κ2) is 5.92. The summed E-state index contributed by atoms with van der Waals surface area (Å²) in [6, 6.07) is 7.99. The molecule has 0 amide bonds. The maximum Gasteiger partial charge on any atom is 0.307 e. The van der Waals surface area contributed by atoms with Crippen molar-refractivity contribution in [3.8, 4) is 5.75 Å². The summed E-state index contributed by atoms with van der Waals surface area (Å²) in [5.74, 6) is 0.0119. The number of allylic oxidation sites excluding steroid dienone is 2. The first-order valence-electron chi connectivity index (χ1n) is 7.49. The third-order valence-electron chi connectivity index (χ3n) is 4.54. The molecule has 0 spiro atoms. The van der Waals surface area contributed by atoms with Crippen molar-refractivity contribution in [2.24, 2.45) is 17.3 Å². The topological polar surface area (TPSA) is 46.5 Å². The summed E-state index contributed by atoms with van der Waals surface area (Å²) in [5.41, 5.74) is 2.25. The largest absolute Gasteiger partial charge is 0.497 e. The average molecular weight is 288 g/mol. The van der Waals surface area contributed by atoms with Gasteiger partial charge < -0.3 is 9.84 Å². The lowest BCUT2D eigenvalue weighted by Crippen LogP contribution is -2.03. The minimum absolute atomic E-state index is 0.124. The molecule has 0 heterocycles. The van der Waals surface area contributed by atoms with Gasteiger partial charge in [-0.05, 0) is 41.0 Å². The molecule has 0 saturated heterocycles. The minimum Gasteiger partial charge on any atom is -0.497 e. The average Bonchev–Trinajstić information content (AvgIpc) is 3.00. The molecule has 1 aromatic rings. The van der Waals surface area contributed by atoms with Crippen LogP contribution < -0.4 is 4.74 Å². The Balaban J connectivity index is 2.26. The van der Waals surface area contributed by atoms with E-state index in [4.69, 9.17) is 4.74 Å². The molecular formula is C18H24O3. The predicted molar refractivity (Wildman–Crippen MR) is 84.3 cm³/mol. The number of carboxylic acid groups (broad SMARTS) is 1. The molecule has 1 N–H and O–H groups in total. The Labute approximate surface area is 126 Å². The normalized spacial score (nSPS) is 23.7. The van der Waals surface area contributed by atoms with Crippen LogP contribution in [0.1, 0.15) is 39.2 Å². The standard InChI is InChI=1S/C18H24O3/c1-5-6-13(12-7-9-14(21-4)10-8-12)11-15-16(17(19)20)18(15,2)3/h7-11,15-16H,5-6H2,1-4H3,(H,19,20). The molecule has 0 aliphatic heterocycles. The van der Waals surface area contributed by atoms with E-state index < -0.39 is 5.97 Å². The molecule has 1 aliphatic rings. The van der Waals surface area contributed by atoms with Crippen molar-refractivity contribution in [1.82, 2.24) is 0 Å². The van der Waals surface area contributed by atoms with E-state index in [9.17, 15) is 9.90 Å². The van der Waals surface area contributed by atoms with Gasteiger partial charge in [0, 0.05) is 0 Å². The molecule has 3 nitrogen and oxygen atoms in total. The molecule has 0 aromatic heterocycles. The van der Waals surface area contributed by atoms with Crippen molar-refractivity contribution in [2.45, 2.75) is 33.6 Å². The number of aliphatic carboxylic acids is 1. The Kier molecular flexibility index (Phi) is 4.40. The van der Waals surface area contributed by atoms with E-state index in [2.05, 4.69) is 13.0 Å². The van der Waals surface area contributed by atoms with Gasteiger partial charge in [-0.2, -0.15) is 0 Å². The van der Waals surface area contributed by atoms with Crippen LogP contribution in [0.5, 0.6) is 5.75 Å². The van der Waals surface area contributed by atoms with Crippen LogP contribution in [0.2, 0.25) is 0 Å². The fourth-order valence-corrected chi connectivity index (χ4v) is 3.08. The van der Waals surface area contributed by atoms with E-state index in [0.717, 1.165) is 24.2 Å². The molecule has 1 aromatic carbocycles. The number of hydrogen-bond donors (Lipinski definition) is 1. The lowest BCUT2D eigenvalue weighted by Gasteiger charge is -2.09. The lowest BCUT2D eigenvalue weighted by molar-refractivity contribution is -0.139. The van der Waals surface area contributed by atoms with Crippen LogP contribution in [-0.4, -0.2) is 18.2 Å². The zero-order valence-electron chi connectivity index (χ0n) is 13.2. The van der Waals surface area contributed by atoms with Crippen LogP contribution in [0.25, 0.3) is 5.57 Å². The Morgan fingerprint density at radius 3 is 2.38 bits per heavy atom. The van der Waals surface area contributed by atoms with E-state index in [1.54, 1.807) is 7.11 Å². The Morgan fingerprint density at radius 1 is 1.33 bits per heavy atom. The summed E-state index contributed by atoms with van der Waals surface area (Å²) in [5, 5.41) is 9.30. The van der Waals surface area contributed by atoms with Crippen molar-refractivity contribution in [2.75, 3.05) is 7.11 Å². The number of rotatable bonds is 6. The SMILES string of the molecule is CCCC(=CC1C(C(=O)O)C1(C)C)c1ccc(OC)cc1. The van der Waals surface area contributed by atoms with Gasteiger partial charge in [0.2, 0.25) is 0 Å². The van der Waals surface area contributed by atoms with Crippen molar-refractivity contribution >= 4 is 11.5 Å². The van der Waals surface area contributed by atoms with Gasteiger partial charge >= 0.3 is 5.97 Å². The first-order chi connectivity index (χ1) is 9.91. The smallest absolute Gasteiger partial charge is 0.307 e. The summed E-state index contributed by atoms with van der Waals surface area (Å²) >= 11 is 0. The summed E-state index contributed by atoms with van der Waals surface area (Å²) in [6.45, 7) is 6.21. The molecule has 0 radical (unpaired) electrons. The fraction of sp³-hybridized carbons (Fsp3) is 0.500. The molecule has 1 aliphatic carbocycles. The molecule has 0 bridgehead atoms. The van der Waals surface area contributed by atoms with E-state index in [1.165, 1.54) is 5.57 Å². The lowest BCUT2D eigenvalue weighted by atomic mass is 9.98. The third kappa shape index (κ3) is 3.12. The molecule has 1 saturated carbocycles. The molecule has 21 heavy (non-hydrogen) atoms. The Morgan fingerprint density at radius 2 is 1.95 bits per heavy atom. The highest BCUT2D eigenvalue weighted by atomic mass is 16.5. The fourth-order valence-electron chi connectivity index (χ4n) is 3.08. The van der Waals surface area contributed by atoms with Gasteiger partial charge in [-0.1, -0.05) is 45.4 Å². The van der Waals surface area contributed by atoms with Crippen molar-refractivity contribution in [1.29, 1.82) is 0 Å². The summed E-state index contributed by atoms with van der Waals surface area (Å²) < 4.78 is 5.19. The van der Waals surface area contributed by atoms with E-state index in [-0.39, 0.29) is 17.3 Å². The van der Waals surface area contributed by atoms with E-state index in [1.807, 2.05) is 38.1 Å². The molecule has 2 atom stereocenters. The molecular weight excluding hydrogens is 264 g/mol. The number of hydrogen-bond acceptors (Lipinski definition) is 2. The number of benzene rings is 1. The molecule has 1 fully saturated rings. The summed E-state index contributed by atoms with van der Waals surface area (Å²) in [6.07, 6.45) is 4.18. The molecule has 2 unspecified atom stereocenters. The maximum absolute atomic E-state index is 11.3. The Bertz CT molecular complexity index is 540. The highest BCUT2D eigenvalue weighted by Gasteiger charge is 2.60. The van der Waals surface area contributed by atoms with Crippen LogP contribution in [0, 0.1) is 17.3 Å². The molecule has 114 valence electrons. The second-order valence-electron chi connectivity index (χ2n) is 6.33. The monoisotopic (exact) mass is 288 g/mol. The van der Waals surface area contributed by atoms with Crippen molar-refractivity contribution < 1.29 is 14.6 Å². The molecule has 3 heteroatoms. The maximum atomic E-state index is 11.3. The summed E-state index contributed by atoms with van der Waals surface area (Å²) in [7, 11) is 1.65. The predicted octanol–water partition coefficient (Wildman–Crippen LogP) is 4.24. The van der Waals surface area contributed by atoms with Crippen LogP contribution in [0.15, 0.2) is 30.3 Å². The molecule has 2 rings (SSSR count). The van der Waals surface area contributed by atoms with Gasteiger partial charge in [0.25, 0.3) is 0 Å². The first kappa shape index (κ1) is 15.6. The Hall–Kier alpha value is -1.77. The quantitative estimate of drug-likeness (QED) is 0.851. The second-order valence-corrected chi connectivity index (χ2v) is 6.33. The van der Waals surface area contributed by atoms with Crippen LogP contribution in [-0.2, 0) is 4.79 Å². The van der Waals surface area contributed by atoms with Gasteiger partial charge in [-0.3, -0.25) is 4.79 Å². The van der Waals surface area contributed by atoms with Gasteiger partial charge in [-0.15, -0.1) is 0 Å². The highest BCUT2D eigenvalue weighted by Crippen LogP contribution is 2.59.